The molecule has 3 N–H and O–H groups in total. The summed E-state index contributed by atoms with van der Waals surface area (Å²) in [5, 5.41) is 8.90. The zero-order valence-corrected chi connectivity index (χ0v) is 17.2. The van der Waals surface area contributed by atoms with Crippen LogP contribution in [0.2, 0.25) is 0 Å². The Bertz CT molecular complexity index is 858. The van der Waals surface area contributed by atoms with Crippen LogP contribution in [0.25, 0.3) is 0 Å². The van der Waals surface area contributed by atoms with Crippen LogP contribution in [0.1, 0.15) is 21.5 Å². The number of amides is 1. The van der Waals surface area contributed by atoms with E-state index in [0.29, 0.717) is 35.9 Å². The first-order chi connectivity index (χ1) is 14.4. The molecule has 0 fully saturated rings. The molecule has 0 spiro atoms. The lowest BCUT2D eigenvalue weighted by atomic mass is 10.1. The number of halogens is 2. The first-order valence-electron chi connectivity index (χ1n) is 9.34. The average Bonchev–Trinajstić information content (AvgIpc) is 2.74. The molecule has 162 valence electrons. The van der Waals surface area contributed by atoms with Crippen molar-refractivity contribution in [1.29, 1.82) is 0 Å². The van der Waals surface area contributed by atoms with Crippen LogP contribution >= 0.6 is 0 Å². The van der Waals surface area contributed by atoms with Crippen molar-refractivity contribution in [3.05, 3.63) is 59.2 Å². The van der Waals surface area contributed by atoms with Gasteiger partial charge in [-0.15, -0.1) is 0 Å². The first-order valence-corrected chi connectivity index (χ1v) is 9.34. The SMILES string of the molecule is CN=C(NCCNC(=O)c1ccc(OC)cc1)NCc1cc(C)ccc1OC(F)F. The number of benzene rings is 2. The average molecular weight is 420 g/mol. The number of alkyl halides is 2. The van der Waals surface area contributed by atoms with Gasteiger partial charge in [0.1, 0.15) is 11.5 Å². The first kappa shape index (κ1) is 22.9. The summed E-state index contributed by atoms with van der Waals surface area (Å²) in [6, 6.07) is 11.8. The summed E-state index contributed by atoms with van der Waals surface area (Å²) in [6.07, 6.45) is 0. The molecule has 0 aliphatic rings. The van der Waals surface area contributed by atoms with E-state index in [0.717, 1.165) is 5.56 Å². The molecule has 0 aliphatic carbocycles. The van der Waals surface area contributed by atoms with E-state index in [-0.39, 0.29) is 18.2 Å². The lowest BCUT2D eigenvalue weighted by Gasteiger charge is -2.15. The molecular weight excluding hydrogens is 394 g/mol. The van der Waals surface area contributed by atoms with Gasteiger partial charge in [0.15, 0.2) is 5.96 Å². The number of hydrogen-bond acceptors (Lipinski definition) is 4. The fourth-order valence-electron chi connectivity index (χ4n) is 2.66. The van der Waals surface area contributed by atoms with E-state index < -0.39 is 6.61 Å². The second-order valence-electron chi connectivity index (χ2n) is 6.33. The van der Waals surface area contributed by atoms with Crippen molar-refractivity contribution in [3.8, 4) is 11.5 Å². The quantitative estimate of drug-likeness (QED) is 0.330. The summed E-state index contributed by atoms with van der Waals surface area (Å²) in [6.45, 7) is 0.0275. The van der Waals surface area contributed by atoms with Crippen molar-refractivity contribution >= 4 is 11.9 Å². The van der Waals surface area contributed by atoms with E-state index in [4.69, 9.17) is 4.74 Å². The fourth-order valence-corrected chi connectivity index (χ4v) is 2.66. The molecule has 0 heterocycles. The zero-order chi connectivity index (χ0) is 21.9. The van der Waals surface area contributed by atoms with Crippen molar-refractivity contribution in [2.45, 2.75) is 20.1 Å². The highest BCUT2D eigenvalue weighted by Crippen LogP contribution is 2.21. The minimum atomic E-state index is -2.89. The third-order valence-corrected chi connectivity index (χ3v) is 4.16. The largest absolute Gasteiger partial charge is 0.497 e. The molecule has 0 unspecified atom stereocenters. The van der Waals surface area contributed by atoms with E-state index in [1.165, 1.54) is 6.07 Å². The molecule has 0 atom stereocenters. The molecule has 0 radical (unpaired) electrons. The summed E-state index contributed by atoms with van der Waals surface area (Å²) in [5.41, 5.74) is 2.05. The number of rotatable bonds is 9. The maximum atomic E-state index is 12.6. The van der Waals surface area contributed by atoms with Gasteiger partial charge in [0.25, 0.3) is 5.91 Å². The number of ether oxygens (including phenoxy) is 2. The molecule has 0 saturated heterocycles. The summed E-state index contributed by atoms with van der Waals surface area (Å²) in [7, 11) is 3.16. The highest BCUT2D eigenvalue weighted by Gasteiger charge is 2.11. The van der Waals surface area contributed by atoms with E-state index in [1.54, 1.807) is 50.6 Å². The predicted molar refractivity (Wildman–Crippen MR) is 111 cm³/mol. The van der Waals surface area contributed by atoms with Gasteiger partial charge >= 0.3 is 6.61 Å². The molecule has 0 bridgehead atoms. The van der Waals surface area contributed by atoms with Gasteiger partial charge in [0, 0.05) is 37.8 Å². The molecule has 0 aromatic heterocycles. The minimum Gasteiger partial charge on any atom is -0.497 e. The summed E-state index contributed by atoms with van der Waals surface area (Å²) < 4.78 is 34.8. The molecule has 30 heavy (non-hydrogen) atoms. The predicted octanol–water partition coefficient (Wildman–Crippen LogP) is 2.70. The second kappa shape index (κ2) is 11.6. The van der Waals surface area contributed by atoms with Crippen LogP contribution in [0.3, 0.4) is 0 Å². The molecule has 9 heteroatoms. The number of hydrogen-bond donors (Lipinski definition) is 3. The Labute approximate surface area is 174 Å². The molecule has 7 nitrogen and oxygen atoms in total. The monoisotopic (exact) mass is 420 g/mol. The lowest BCUT2D eigenvalue weighted by Crippen LogP contribution is -2.41. The molecule has 0 aliphatic heterocycles. The molecule has 0 saturated carbocycles. The van der Waals surface area contributed by atoms with Crippen LogP contribution in [-0.4, -0.2) is 45.7 Å². The van der Waals surface area contributed by atoms with Crippen molar-refractivity contribution in [3.63, 3.8) is 0 Å². The lowest BCUT2D eigenvalue weighted by molar-refractivity contribution is -0.0504. The van der Waals surface area contributed by atoms with Crippen molar-refractivity contribution in [2.75, 3.05) is 27.2 Å². The van der Waals surface area contributed by atoms with E-state index in [1.807, 2.05) is 6.92 Å². The standard InChI is InChI=1S/C21H26F2N4O3/c1-14-4-9-18(30-20(22)23)16(12-14)13-27-21(24-2)26-11-10-25-19(28)15-5-7-17(29-3)8-6-15/h4-9,12,20H,10-11,13H2,1-3H3,(H,25,28)(H2,24,26,27). The smallest absolute Gasteiger partial charge is 0.387 e. The third-order valence-electron chi connectivity index (χ3n) is 4.16. The summed E-state index contributed by atoms with van der Waals surface area (Å²) in [5.74, 6) is 1.07. The van der Waals surface area contributed by atoms with Crippen molar-refractivity contribution < 1.29 is 23.0 Å². The van der Waals surface area contributed by atoms with Crippen LogP contribution in [0.4, 0.5) is 8.78 Å². The highest BCUT2D eigenvalue weighted by atomic mass is 19.3. The molecule has 1 amide bonds. The van der Waals surface area contributed by atoms with E-state index in [9.17, 15) is 13.6 Å². The van der Waals surface area contributed by atoms with Gasteiger partial charge in [-0.2, -0.15) is 8.78 Å². The zero-order valence-electron chi connectivity index (χ0n) is 17.2. The maximum Gasteiger partial charge on any atom is 0.387 e. The second-order valence-corrected chi connectivity index (χ2v) is 6.33. The van der Waals surface area contributed by atoms with Crippen LogP contribution in [0, 0.1) is 6.92 Å². The van der Waals surface area contributed by atoms with Gasteiger partial charge in [-0.3, -0.25) is 9.79 Å². The topological polar surface area (TPSA) is 84.0 Å². The number of aliphatic imine (C=N–C) groups is 1. The van der Waals surface area contributed by atoms with Gasteiger partial charge in [0.05, 0.1) is 7.11 Å². The van der Waals surface area contributed by atoms with Crippen molar-refractivity contribution in [2.24, 2.45) is 4.99 Å². The van der Waals surface area contributed by atoms with Gasteiger partial charge < -0.3 is 25.4 Å². The number of carbonyl (C=O) groups excluding carboxylic acids is 1. The third kappa shape index (κ3) is 7.23. The van der Waals surface area contributed by atoms with Crippen molar-refractivity contribution in [1.82, 2.24) is 16.0 Å². The number of guanidine groups is 1. The van der Waals surface area contributed by atoms with E-state index in [2.05, 4.69) is 25.7 Å². The molecule has 2 aromatic rings. The van der Waals surface area contributed by atoms with Gasteiger partial charge in [0.2, 0.25) is 0 Å². The van der Waals surface area contributed by atoms with Crippen LogP contribution < -0.4 is 25.4 Å². The Kier molecular flexibility index (Phi) is 8.86. The molecule has 2 rings (SSSR count). The number of carbonyl (C=O) groups is 1. The van der Waals surface area contributed by atoms with E-state index >= 15 is 0 Å². The Hall–Kier alpha value is -3.36. The number of nitrogens with zero attached hydrogens (tertiary/aromatic N) is 1. The number of aryl methyl sites for hydroxylation is 1. The summed E-state index contributed by atoms with van der Waals surface area (Å²) >= 11 is 0. The molecular formula is C21H26F2N4O3. The van der Waals surface area contributed by atoms with Gasteiger partial charge in [-0.1, -0.05) is 17.7 Å². The van der Waals surface area contributed by atoms with Gasteiger partial charge in [-0.25, -0.2) is 0 Å². The fraction of sp³-hybridized carbons (Fsp3) is 0.333. The van der Waals surface area contributed by atoms with Crippen LogP contribution in [-0.2, 0) is 6.54 Å². The molecule has 2 aromatic carbocycles. The summed E-state index contributed by atoms with van der Waals surface area (Å²) in [4.78, 5) is 16.2. The number of methoxy groups -OCH3 is 1. The Morgan fingerprint density at radius 1 is 1.07 bits per heavy atom. The Balaban J connectivity index is 1.80. The Morgan fingerprint density at radius 2 is 1.77 bits per heavy atom. The Morgan fingerprint density at radius 3 is 2.40 bits per heavy atom. The van der Waals surface area contributed by atoms with Crippen LogP contribution in [0.15, 0.2) is 47.5 Å². The number of nitrogens with one attached hydrogen (secondary N) is 3. The normalized spacial score (nSPS) is 11.2. The minimum absolute atomic E-state index is 0.116. The highest BCUT2D eigenvalue weighted by molar-refractivity contribution is 5.94. The van der Waals surface area contributed by atoms with Gasteiger partial charge in [-0.05, 0) is 37.3 Å². The maximum absolute atomic E-state index is 12.6. The van der Waals surface area contributed by atoms with Crippen LogP contribution in [0.5, 0.6) is 11.5 Å².